The Balaban J connectivity index is 2.61. The van der Waals surface area contributed by atoms with Gasteiger partial charge in [-0.05, 0) is 23.3 Å². The van der Waals surface area contributed by atoms with E-state index >= 15 is 0 Å². The topological polar surface area (TPSA) is 37.3 Å². The van der Waals surface area contributed by atoms with Crippen LogP contribution < -0.4 is 0 Å². The van der Waals surface area contributed by atoms with Crippen molar-refractivity contribution in [3.8, 4) is 11.1 Å². The van der Waals surface area contributed by atoms with Crippen LogP contribution >= 0.6 is 11.6 Å². The van der Waals surface area contributed by atoms with Gasteiger partial charge in [-0.2, -0.15) is 0 Å². The lowest BCUT2D eigenvalue weighted by Gasteiger charge is -2.06. The van der Waals surface area contributed by atoms with Crippen LogP contribution in [-0.2, 0) is 0 Å². The molecule has 0 saturated heterocycles. The first-order valence-corrected chi connectivity index (χ1v) is 5.25. The van der Waals surface area contributed by atoms with Crippen LogP contribution in [0.2, 0.25) is 5.02 Å². The molecule has 0 fully saturated rings. The molecule has 0 amide bonds. The minimum Gasteiger partial charge on any atom is -0.478 e. The van der Waals surface area contributed by atoms with Gasteiger partial charge in [-0.15, -0.1) is 0 Å². The van der Waals surface area contributed by atoms with Crippen molar-refractivity contribution in [2.45, 2.75) is 0 Å². The molecule has 0 aromatic heterocycles. The number of rotatable bonds is 2. The predicted octanol–water partition coefficient (Wildman–Crippen LogP) is 3.84. The molecule has 0 aliphatic rings. The van der Waals surface area contributed by atoms with Crippen LogP contribution in [0.5, 0.6) is 0 Å². The van der Waals surface area contributed by atoms with Gasteiger partial charge in [-0.3, -0.25) is 0 Å². The van der Waals surface area contributed by atoms with E-state index in [0.717, 1.165) is 5.56 Å². The lowest BCUT2D eigenvalue weighted by Crippen LogP contribution is -2.01. The first-order chi connectivity index (χ1) is 8.09. The molecule has 0 unspecified atom stereocenters. The third-order valence-electron chi connectivity index (χ3n) is 2.37. The van der Waals surface area contributed by atoms with Crippen molar-refractivity contribution in [2.75, 3.05) is 0 Å². The van der Waals surface area contributed by atoms with Crippen molar-refractivity contribution >= 4 is 17.6 Å². The lowest BCUT2D eigenvalue weighted by molar-refractivity contribution is 0.0692. The number of carboxylic acids is 1. The van der Waals surface area contributed by atoms with Gasteiger partial charge in [0.2, 0.25) is 0 Å². The zero-order valence-corrected chi connectivity index (χ0v) is 9.41. The van der Waals surface area contributed by atoms with Crippen LogP contribution in [0.25, 0.3) is 11.1 Å². The largest absolute Gasteiger partial charge is 0.478 e. The van der Waals surface area contributed by atoms with Gasteiger partial charge >= 0.3 is 5.97 Å². The summed E-state index contributed by atoms with van der Waals surface area (Å²) in [7, 11) is 0. The predicted molar refractivity (Wildman–Crippen MR) is 63.8 cm³/mol. The highest BCUT2D eigenvalue weighted by Gasteiger charge is 2.15. The number of benzene rings is 2. The molecule has 0 aliphatic carbocycles. The van der Waals surface area contributed by atoms with Gasteiger partial charge < -0.3 is 5.11 Å². The highest BCUT2D eigenvalue weighted by atomic mass is 35.5. The van der Waals surface area contributed by atoms with E-state index in [1.165, 1.54) is 12.1 Å². The molecule has 0 atom stereocenters. The van der Waals surface area contributed by atoms with Crippen molar-refractivity contribution in [2.24, 2.45) is 0 Å². The van der Waals surface area contributed by atoms with Gasteiger partial charge in [0.25, 0.3) is 0 Å². The number of aromatic carboxylic acids is 1. The van der Waals surface area contributed by atoms with Crippen LogP contribution in [0.1, 0.15) is 10.4 Å². The molecule has 4 heteroatoms. The fourth-order valence-electron chi connectivity index (χ4n) is 1.54. The molecule has 0 bridgehead atoms. The Kier molecular flexibility index (Phi) is 3.11. The molecule has 86 valence electrons. The molecule has 0 spiro atoms. The second-order valence-electron chi connectivity index (χ2n) is 3.49. The van der Waals surface area contributed by atoms with Crippen molar-refractivity contribution in [1.82, 2.24) is 0 Å². The second kappa shape index (κ2) is 4.55. The van der Waals surface area contributed by atoms with E-state index in [1.54, 1.807) is 12.1 Å². The maximum atomic E-state index is 13.4. The smallest absolute Gasteiger partial charge is 0.338 e. The van der Waals surface area contributed by atoms with Crippen LogP contribution in [0.4, 0.5) is 4.39 Å². The van der Waals surface area contributed by atoms with Gasteiger partial charge in [0, 0.05) is 0 Å². The molecule has 0 radical (unpaired) electrons. The van der Waals surface area contributed by atoms with Crippen molar-refractivity contribution in [1.29, 1.82) is 0 Å². The monoisotopic (exact) mass is 250 g/mol. The highest BCUT2D eigenvalue weighted by molar-refractivity contribution is 6.31. The van der Waals surface area contributed by atoms with Gasteiger partial charge in [-0.1, -0.05) is 41.9 Å². The molecule has 2 rings (SSSR count). The van der Waals surface area contributed by atoms with E-state index in [2.05, 4.69) is 0 Å². The molecule has 2 aromatic rings. The van der Waals surface area contributed by atoms with E-state index in [9.17, 15) is 9.18 Å². The van der Waals surface area contributed by atoms with Gasteiger partial charge in [0.05, 0.1) is 10.6 Å². The molecule has 0 heterocycles. The quantitative estimate of drug-likeness (QED) is 0.879. The maximum Gasteiger partial charge on any atom is 0.338 e. The molecular formula is C13H8ClFO2. The molecule has 0 saturated carbocycles. The van der Waals surface area contributed by atoms with Crippen LogP contribution in [-0.4, -0.2) is 11.1 Å². The van der Waals surface area contributed by atoms with Gasteiger partial charge in [-0.25, -0.2) is 9.18 Å². The minimum atomic E-state index is -1.33. The summed E-state index contributed by atoms with van der Waals surface area (Å²) < 4.78 is 13.4. The molecular weight excluding hydrogens is 243 g/mol. The highest BCUT2D eigenvalue weighted by Crippen LogP contribution is 2.27. The van der Waals surface area contributed by atoms with E-state index in [-0.39, 0.29) is 5.02 Å². The van der Waals surface area contributed by atoms with E-state index in [0.29, 0.717) is 5.56 Å². The maximum absolute atomic E-state index is 13.4. The van der Waals surface area contributed by atoms with E-state index < -0.39 is 17.3 Å². The Bertz CT molecular complexity index is 567. The molecule has 2 nitrogen and oxygen atoms in total. The number of hydrogen-bond donors (Lipinski definition) is 1. The van der Waals surface area contributed by atoms with E-state index in [4.69, 9.17) is 16.7 Å². The van der Waals surface area contributed by atoms with Crippen LogP contribution in [0.3, 0.4) is 0 Å². The summed E-state index contributed by atoms with van der Waals surface area (Å²) >= 11 is 5.67. The standard InChI is InChI=1S/C13H8ClFO2/c14-11-7-9(8-4-2-1-3-5-8)6-10(12(11)15)13(16)17/h1-7H,(H,16,17). The molecule has 17 heavy (non-hydrogen) atoms. The Labute approximate surface area is 102 Å². The van der Waals surface area contributed by atoms with Crippen molar-refractivity contribution in [3.63, 3.8) is 0 Å². The zero-order valence-electron chi connectivity index (χ0n) is 8.65. The Morgan fingerprint density at radius 2 is 1.76 bits per heavy atom. The van der Waals surface area contributed by atoms with Crippen LogP contribution in [0.15, 0.2) is 42.5 Å². The summed E-state index contributed by atoms with van der Waals surface area (Å²) in [6.45, 7) is 0. The average Bonchev–Trinajstić information content (AvgIpc) is 2.33. The first-order valence-electron chi connectivity index (χ1n) is 4.87. The molecule has 2 aromatic carbocycles. The van der Waals surface area contributed by atoms with Crippen LogP contribution in [0, 0.1) is 5.82 Å². The number of halogens is 2. The Morgan fingerprint density at radius 3 is 2.35 bits per heavy atom. The Hall–Kier alpha value is -1.87. The Morgan fingerprint density at radius 1 is 1.12 bits per heavy atom. The summed E-state index contributed by atoms with van der Waals surface area (Å²) in [5.41, 5.74) is 0.947. The fourth-order valence-corrected chi connectivity index (χ4v) is 1.76. The normalized spacial score (nSPS) is 10.2. The molecule has 0 aliphatic heterocycles. The SMILES string of the molecule is O=C(O)c1cc(-c2ccccc2)cc(Cl)c1F. The summed E-state index contributed by atoms with van der Waals surface area (Å²) in [5.74, 6) is -2.24. The fraction of sp³-hybridized carbons (Fsp3) is 0. The zero-order chi connectivity index (χ0) is 12.4. The number of hydrogen-bond acceptors (Lipinski definition) is 1. The number of carbonyl (C=O) groups is 1. The summed E-state index contributed by atoms with van der Waals surface area (Å²) in [6.07, 6.45) is 0. The average molecular weight is 251 g/mol. The third-order valence-corrected chi connectivity index (χ3v) is 2.64. The lowest BCUT2D eigenvalue weighted by atomic mass is 10.0. The first kappa shape index (κ1) is 11.6. The molecule has 1 N–H and O–H groups in total. The van der Waals surface area contributed by atoms with Gasteiger partial charge in [0.1, 0.15) is 0 Å². The van der Waals surface area contributed by atoms with Crippen molar-refractivity contribution in [3.05, 3.63) is 58.9 Å². The van der Waals surface area contributed by atoms with Crippen molar-refractivity contribution < 1.29 is 14.3 Å². The minimum absolute atomic E-state index is 0.191. The summed E-state index contributed by atoms with van der Waals surface area (Å²) in [6, 6.07) is 11.8. The van der Waals surface area contributed by atoms with E-state index in [1.807, 2.05) is 18.2 Å². The number of carboxylic acid groups (broad SMARTS) is 1. The summed E-state index contributed by atoms with van der Waals surface area (Å²) in [5, 5.41) is 8.67. The van der Waals surface area contributed by atoms with Gasteiger partial charge in [0.15, 0.2) is 5.82 Å². The third kappa shape index (κ3) is 2.29. The second-order valence-corrected chi connectivity index (χ2v) is 3.90. The summed E-state index contributed by atoms with van der Waals surface area (Å²) in [4.78, 5) is 10.9.